The fraction of sp³-hybridized carbons (Fsp3) is 0.733. The molecule has 0 unspecified atom stereocenters. The molecule has 0 radical (unpaired) electrons. The van der Waals surface area contributed by atoms with Crippen molar-refractivity contribution < 1.29 is 0 Å². The Morgan fingerprint density at radius 1 is 1.23 bits per heavy atom. The molecule has 0 aromatic carbocycles. The van der Waals surface area contributed by atoms with E-state index in [0.29, 0.717) is 12.1 Å². The van der Waals surface area contributed by atoms with Gasteiger partial charge in [-0.2, -0.15) is 5.10 Å². The largest absolute Gasteiger partial charge is 0.294 e. The lowest BCUT2D eigenvalue weighted by molar-refractivity contribution is 0.125. The quantitative estimate of drug-likeness (QED) is 0.840. The van der Waals surface area contributed by atoms with Crippen LogP contribution in [0.2, 0.25) is 0 Å². The molecule has 1 aliphatic carbocycles. The maximum absolute atomic E-state index is 4.32. The molecule has 0 N–H and O–H groups in total. The van der Waals surface area contributed by atoms with Crippen molar-refractivity contribution in [2.75, 3.05) is 13.1 Å². The van der Waals surface area contributed by atoms with Gasteiger partial charge in [-0.25, -0.2) is 4.68 Å². The summed E-state index contributed by atoms with van der Waals surface area (Å²) in [4.78, 5) is 2.52. The van der Waals surface area contributed by atoms with E-state index >= 15 is 0 Å². The molecule has 0 spiro atoms. The highest BCUT2D eigenvalue weighted by Gasteiger charge is 2.32. The fourth-order valence-corrected chi connectivity index (χ4v) is 3.41. The molecule has 7 nitrogen and oxygen atoms in total. The molecule has 2 aliphatic rings. The van der Waals surface area contributed by atoms with Crippen LogP contribution in [0.1, 0.15) is 50.5 Å². The second kappa shape index (κ2) is 5.79. The predicted octanol–water partition coefficient (Wildman–Crippen LogP) is 1.68. The average Bonchev–Trinajstić information content (AvgIpc) is 3.06. The topological polar surface area (TPSA) is 64.7 Å². The van der Waals surface area contributed by atoms with E-state index < -0.39 is 0 Å². The third-order valence-electron chi connectivity index (χ3n) is 4.99. The molecule has 1 saturated heterocycles. The van der Waals surface area contributed by atoms with Crippen LogP contribution < -0.4 is 0 Å². The normalized spacial score (nSPS) is 22.0. The molecular weight excluding hydrogens is 278 g/mol. The summed E-state index contributed by atoms with van der Waals surface area (Å²) in [5.41, 5.74) is 0. The first-order valence-corrected chi connectivity index (χ1v) is 8.30. The van der Waals surface area contributed by atoms with Gasteiger partial charge in [0, 0.05) is 18.9 Å². The third-order valence-corrected chi connectivity index (χ3v) is 4.99. The van der Waals surface area contributed by atoms with Crippen molar-refractivity contribution in [1.29, 1.82) is 0 Å². The van der Waals surface area contributed by atoms with Gasteiger partial charge in [0.15, 0.2) is 5.82 Å². The molecule has 22 heavy (non-hydrogen) atoms. The Bertz CT molecular complexity index is 593. The van der Waals surface area contributed by atoms with Gasteiger partial charge in [0.2, 0.25) is 0 Å². The molecule has 3 heterocycles. The smallest absolute Gasteiger partial charge is 0.168 e. The maximum atomic E-state index is 4.32. The van der Waals surface area contributed by atoms with Gasteiger partial charge in [-0.05, 0) is 68.1 Å². The number of piperidine rings is 1. The first-order valence-electron chi connectivity index (χ1n) is 8.30. The molecule has 0 bridgehead atoms. The molecule has 0 amide bonds. The Morgan fingerprint density at radius 3 is 2.73 bits per heavy atom. The van der Waals surface area contributed by atoms with Gasteiger partial charge in [0.05, 0.1) is 12.1 Å². The molecule has 118 valence electrons. The van der Waals surface area contributed by atoms with Crippen molar-refractivity contribution in [3.63, 3.8) is 0 Å². The lowest BCUT2D eigenvalue weighted by Gasteiger charge is -2.35. The fourth-order valence-electron chi connectivity index (χ4n) is 3.41. The standard InChI is InChI=1S/C15H23N7/c1-12(15-17-18-19-22(15)14-3-4-14)20-9-5-13(6-10-20)11-21-8-2-7-16-21/h2,7-8,12-14H,3-6,9-11H2,1H3/t12-/m0/s1. The number of likely N-dealkylation sites (tertiary alicyclic amines) is 1. The van der Waals surface area contributed by atoms with E-state index in [9.17, 15) is 0 Å². The molecule has 1 atom stereocenters. The van der Waals surface area contributed by atoms with E-state index in [-0.39, 0.29) is 0 Å². The highest BCUT2D eigenvalue weighted by Crippen LogP contribution is 2.36. The minimum atomic E-state index is 0.307. The zero-order valence-electron chi connectivity index (χ0n) is 13.0. The average molecular weight is 301 g/mol. The van der Waals surface area contributed by atoms with Gasteiger partial charge < -0.3 is 0 Å². The Labute approximate surface area is 130 Å². The van der Waals surface area contributed by atoms with Crippen LogP contribution in [0.3, 0.4) is 0 Å². The molecular formula is C15H23N7. The summed E-state index contributed by atoms with van der Waals surface area (Å²) >= 11 is 0. The minimum absolute atomic E-state index is 0.307. The van der Waals surface area contributed by atoms with E-state index in [1.54, 1.807) is 0 Å². The van der Waals surface area contributed by atoms with E-state index in [1.807, 2.05) is 16.9 Å². The highest BCUT2D eigenvalue weighted by atomic mass is 15.6. The van der Waals surface area contributed by atoms with Crippen LogP contribution >= 0.6 is 0 Å². The van der Waals surface area contributed by atoms with Crippen LogP contribution in [0, 0.1) is 5.92 Å². The van der Waals surface area contributed by atoms with Crippen molar-refractivity contribution >= 4 is 0 Å². The first kappa shape index (κ1) is 13.9. The maximum Gasteiger partial charge on any atom is 0.168 e. The van der Waals surface area contributed by atoms with Crippen molar-refractivity contribution in [3.05, 3.63) is 24.3 Å². The van der Waals surface area contributed by atoms with Crippen molar-refractivity contribution in [2.24, 2.45) is 5.92 Å². The minimum Gasteiger partial charge on any atom is -0.294 e. The molecule has 1 aliphatic heterocycles. The van der Waals surface area contributed by atoms with Crippen LogP contribution in [-0.2, 0) is 6.54 Å². The van der Waals surface area contributed by atoms with Crippen molar-refractivity contribution in [2.45, 2.75) is 51.2 Å². The number of hydrogen-bond donors (Lipinski definition) is 0. The number of rotatable bonds is 5. The molecule has 4 rings (SSSR count). The third kappa shape index (κ3) is 2.77. The van der Waals surface area contributed by atoms with E-state index in [4.69, 9.17) is 0 Å². The van der Waals surface area contributed by atoms with Crippen molar-refractivity contribution in [3.8, 4) is 0 Å². The van der Waals surface area contributed by atoms with Crippen LogP contribution in [0.15, 0.2) is 18.5 Å². The Balaban J connectivity index is 1.35. The summed E-state index contributed by atoms with van der Waals surface area (Å²) in [7, 11) is 0. The number of nitrogens with zero attached hydrogens (tertiary/aromatic N) is 7. The van der Waals surface area contributed by atoms with E-state index in [0.717, 1.165) is 31.4 Å². The summed E-state index contributed by atoms with van der Waals surface area (Å²) in [6.07, 6.45) is 8.78. The Hall–Kier alpha value is -1.76. The first-order chi connectivity index (χ1) is 10.8. The van der Waals surface area contributed by atoms with Gasteiger partial charge in [-0.1, -0.05) is 0 Å². The number of aromatic nitrogens is 6. The van der Waals surface area contributed by atoms with Crippen LogP contribution in [-0.4, -0.2) is 48.0 Å². The van der Waals surface area contributed by atoms with E-state index in [2.05, 4.69) is 43.3 Å². The summed E-state index contributed by atoms with van der Waals surface area (Å²) in [6.45, 7) is 5.50. The molecule has 2 fully saturated rings. The summed E-state index contributed by atoms with van der Waals surface area (Å²) in [6, 6.07) is 2.85. The molecule has 1 saturated carbocycles. The molecule has 7 heteroatoms. The SMILES string of the molecule is C[C@@H](c1nnnn1C1CC1)N1CCC(Cn2cccn2)CC1. The van der Waals surface area contributed by atoms with Crippen LogP contribution in [0.5, 0.6) is 0 Å². The van der Waals surface area contributed by atoms with E-state index in [1.165, 1.54) is 25.7 Å². The summed E-state index contributed by atoms with van der Waals surface area (Å²) < 4.78 is 4.10. The lowest BCUT2D eigenvalue weighted by atomic mass is 9.96. The second-order valence-electron chi connectivity index (χ2n) is 6.60. The van der Waals surface area contributed by atoms with Crippen LogP contribution in [0.4, 0.5) is 0 Å². The Morgan fingerprint density at radius 2 is 2.05 bits per heavy atom. The van der Waals surface area contributed by atoms with Gasteiger partial charge in [-0.15, -0.1) is 5.10 Å². The highest BCUT2D eigenvalue weighted by molar-refractivity contribution is 4.97. The zero-order valence-corrected chi connectivity index (χ0v) is 13.0. The number of hydrogen-bond acceptors (Lipinski definition) is 5. The van der Waals surface area contributed by atoms with Crippen molar-refractivity contribution in [1.82, 2.24) is 34.9 Å². The summed E-state index contributed by atoms with van der Waals surface area (Å²) in [5.74, 6) is 1.76. The van der Waals surface area contributed by atoms with Gasteiger partial charge >= 0.3 is 0 Å². The second-order valence-corrected chi connectivity index (χ2v) is 6.60. The zero-order chi connectivity index (χ0) is 14.9. The Kier molecular flexibility index (Phi) is 3.65. The molecule has 2 aromatic heterocycles. The summed E-state index contributed by atoms with van der Waals surface area (Å²) in [5, 5.41) is 16.7. The van der Waals surface area contributed by atoms with Crippen LogP contribution in [0.25, 0.3) is 0 Å². The monoisotopic (exact) mass is 301 g/mol. The lowest BCUT2D eigenvalue weighted by Crippen LogP contribution is -2.37. The van der Waals surface area contributed by atoms with Gasteiger partial charge in [0.25, 0.3) is 0 Å². The molecule has 2 aromatic rings. The predicted molar refractivity (Wildman–Crippen MR) is 81.0 cm³/mol. The van der Waals surface area contributed by atoms with Gasteiger partial charge in [0.1, 0.15) is 0 Å². The van der Waals surface area contributed by atoms with Gasteiger partial charge in [-0.3, -0.25) is 9.58 Å². The number of tetrazole rings is 1.